The zero-order chi connectivity index (χ0) is 13.5. The van der Waals surface area contributed by atoms with Crippen LogP contribution in [-0.2, 0) is 131 Å². The van der Waals surface area contributed by atoms with E-state index in [9.17, 15) is 0 Å². The van der Waals surface area contributed by atoms with Crippen LogP contribution < -0.4 is 0 Å². The van der Waals surface area contributed by atoms with Crippen molar-refractivity contribution in [3.8, 4) is 0 Å². The van der Waals surface area contributed by atoms with E-state index in [4.69, 9.17) is 57.5 Å². The molecule has 0 aromatic carbocycles. The van der Waals surface area contributed by atoms with Crippen LogP contribution in [0.4, 0.5) is 0 Å². The van der Waals surface area contributed by atoms with Crippen molar-refractivity contribution >= 4 is 27.1 Å². The standard InChI is InChI=1S/3H4O4Si.4Y/c3*1-5(2,3)4;;;;/h3*1-4H;;;;. The smallest absolute Gasteiger partial charge is 0.368 e. The summed E-state index contributed by atoms with van der Waals surface area (Å²) in [6.45, 7) is 0. The minimum atomic E-state index is -4.61. The predicted molar refractivity (Wildman–Crippen MR) is 43.9 cm³/mol. The molecule has 0 aromatic heterocycles. The average molecular weight is 644 g/mol. The van der Waals surface area contributed by atoms with Crippen molar-refractivity contribution in [3.05, 3.63) is 0 Å². The summed E-state index contributed by atoms with van der Waals surface area (Å²) < 4.78 is 0. The first-order valence-corrected chi connectivity index (χ1v) is 8.05. The zero-order valence-corrected chi connectivity index (χ0v) is 23.5. The van der Waals surface area contributed by atoms with Gasteiger partial charge in [0.2, 0.25) is 0 Å². The third-order valence-corrected chi connectivity index (χ3v) is 0. The van der Waals surface area contributed by atoms with E-state index in [1.54, 1.807) is 0 Å². The Labute approximate surface area is 211 Å². The summed E-state index contributed by atoms with van der Waals surface area (Å²) in [7, 11) is -13.8. The van der Waals surface area contributed by atoms with Crippen molar-refractivity contribution in [3.63, 3.8) is 0 Å². The monoisotopic (exact) mass is 644 g/mol. The summed E-state index contributed by atoms with van der Waals surface area (Å²) in [5.41, 5.74) is 0. The quantitative estimate of drug-likeness (QED) is 0.110. The molecule has 0 bridgehead atoms. The van der Waals surface area contributed by atoms with Gasteiger partial charge >= 0.3 is 27.1 Å². The molecular weight excluding hydrogens is 632 g/mol. The van der Waals surface area contributed by atoms with Crippen molar-refractivity contribution in [1.29, 1.82) is 0 Å². The Hall–Kier alpha value is 4.59. The molecule has 0 saturated heterocycles. The Kier molecular flexibility index (Phi) is 47.5. The summed E-state index contributed by atoms with van der Waals surface area (Å²) in [5, 5.41) is 0. The van der Waals surface area contributed by atoms with Gasteiger partial charge in [-0.3, -0.25) is 0 Å². The molecule has 0 amide bonds. The van der Waals surface area contributed by atoms with Gasteiger partial charge in [0.25, 0.3) is 0 Å². The number of hydrogen-bond donors (Lipinski definition) is 12. The van der Waals surface area contributed by atoms with Crippen LogP contribution in [0.25, 0.3) is 0 Å². The normalized spacial score (nSPS) is 9.47. The molecule has 0 spiro atoms. The summed E-state index contributed by atoms with van der Waals surface area (Å²) in [6, 6.07) is 0. The molecule has 12 nitrogen and oxygen atoms in total. The zero-order valence-electron chi connectivity index (χ0n) is 9.18. The summed E-state index contributed by atoms with van der Waals surface area (Å²) in [5.74, 6) is 0. The third-order valence-electron chi connectivity index (χ3n) is 0. The third kappa shape index (κ3) is 455. The fourth-order valence-corrected chi connectivity index (χ4v) is 0. The van der Waals surface area contributed by atoms with E-state index in [0.29, 0.717) is 0 Å². The van der Waals surface area contributed by atoms with E-state index < -0.39 is 27.1 Å². The van der Waals surface area contributed by atoms with Gasteiger partial charge in [0.1, 0.15) is 0 Å². The molecule has 0 aliphatic carbocycles. The van der Waals surface area contributed by atoms with Crippen LogP contribution >= 0.6 is 0 Å². The molecule has 0 rings (SSSR count). The van der Waals surface area contributed by atoms with Gasteiger partial charge in [0.15, 0.2) is 0 Å². The van der Waals surface area contributed by atoms with Gasteiger partial charge in [-0.1, -0.05) is 0 Å². The molecule has 0 unspecified atom stereocenters. The van der Waals surface area contributed by atoms with Crippen molar-refractivity contribution in [2.75, 3.05) is 0 Å². The SMILES string of the molecule is O[Si](O)(O)O.O[Si](O)(O)O.O[Si](O)(O)O.[Y].[Y].[Y].[Y]. The summed E-state index contributed by atoms with van der Waals surface area (Å²) in [6.07, 6.45) is 0. The molecule has 0 aromatic rings. The molecule has 0 saturated carbocycles. The summed E-state index contributed by atoms with van der Waals surface area (Å²) >= 11 is 0. The maximum atomic E-state index is 7.33. The fraction of sp³-hybridized carbons (Fsp3) is 0. The molecule has 0 aliphatic heterocycles. The summed E-state index contributed by atoms with van der Waals surface area (Å²) in [4.78, 5) is 87.9. The second-order valence-electron chi connectivity index (χ2n) is 1.80. The van der Waals surface area contributed by atoms with E-state index in [1.807, 2.05) is 0 Å². The van der Waals surface area contributed by atoms with Gasteiger partial charge in [0.05, 0.1) is 0 Å². The largest absolute Gasteiger partial charge is 0.668 e. The minimum Gasteiger partial charge on any atom is -0.368 e. The van der Waals surface area contributed by atoms with Gasteiger partial charge in [0, 0.05) is 131 Å². The first kappa shape index (κ1) is 43.7. The van der Waals surface area contributed by atoms with Gasteiger partial charge < -0.3 is 57.5 Å². The molecule has 19 heavy (non-hydrogen) atoms. The van der Waals surface area contributed by atoms with E-state index in [-0.39, 0.29) is 131 Å². The van der Waals surface area contributed by atoms with Crippen LogP contribution in [0.5, 0.6) is 0 Å². The van der Waals surface area contributed by atoms with Crippen LogP contribution in [0.1, 0.15) is 0 Å². The van der Waals surface area contributed by atoms with Gasteiger partial charge in [-0.2, -0.15) is 0 Å². The van der Waals surface area contributed by atoms with Crippen LogP contribution in [-0.4, -0.2) is 84.7 Å². The van der Waals surface area contributed by atoms with E-state index in [1.165, 1.54) is 0 Å². The maximum absolute atomic E-state index is 7.33. The molecule has 0 aliphatic rings. The molecular formula is H12O12Si3Y4. The topological polar surface area (TPSA) is 243 Å². The molecule has 0 atom stereocenters. The predicted octanol–water partition coefficient (Wildman–Crippen LogP) is -7.84. The molecule has 12 N–H and O–H groups in total. The van der Waals surface area contributed by atoms with Crippen molar-refractivity contribution < 1.29 is 188 Å². The van der Waals surface area contributed by atoms with Crippen molar-refractivity contribution in [2.24, 2.45) is 0 Å². The molecule has 19 heteroatoms. The van der Waals surface area contributed by atoms with Gasteiger partial charge in [-0.25, -0.2) is 0 Å². The van der Waals surface area contributed by atoms with Crippen LogP contribution in [0.15, 0.2) is 0 Å². The van der Waals surface area contributed by atoms with E-state index in [0.717, 1.165) is 0 Å². The Morgan fingerprint density at radius 2 is 0.263 bits per heavy atom. The Balaban J connectivity index is -0.0000000206. The molecule has 0 heterocycles. The molecule has 4 radical (unpaired) electrons. The minimum absolute atomic E-state index is 0. The Bertz CT molecular complexity index is 100.0. The van der Waals surface area contributed by atoms with Crippen LogP contribution in [0.3, 0.4) is 0 Å². The van der Waals surface area contributed by atoms with E-state index >= 15 is 0 Å². The maximum Gasteiger partial charge on any atom is 0.668 e. The second-order valence-corrected chi connectivity index (χ2v) is 5.40. The molecule has 108 valence electrons. The van der Waals surface area contributed by atoms with Gasteiger partial charge in [-0.05, 0) is 0 Å². The van der Waals surface area contributed by atoms with Crippen molar-refractivity contribution in [1.82, 2.24) is 0 Å². The Morgan fingerprint density at radius 3 is 0.263 bits per heavy atom. The van der Waals surface area contributed by atoms with Crippen LogP contribution in [0, 0.1) is 0 Å². The first-order valence-electron chi connectivity index (χ1n) is 2.68. The second kappa shape index (κ2) is 20.6. The number of rotatable bonds is 0. The average Bonchev–Trinajstić information content (AvgIpc) is 1.41. The first-order chi connectivity index (χ1) is 6.00. The fourth-order valence-electron chi connectivity index (χ4n) is 0. The Morgan fingerprint density at radius 1 is 0.263 bits per heavy atom. The van der Waals surface area contributed by atoms with Crippen molar-refractivity contribution in [2.45, 2.75) is 0 Å². The molecule has 0 fully saturated rings. The number of hydrogen-bond acceptors (Lipinski definition) is 12. The van der Waals surface area contributed by atoms with Crippen LogP contribution in [0.2, 0.25) is 0 Å². The van der Waals surface area contributed by atoms with E-state index in [2.05, 4.69) is 0 Å². The van der Waals surface area contributed by atoms with Gasteiger partial charge in [-0.15, -0.1) is 0 Å².